The van der Waals surface area contributed by atoms with Crippen molar-refractivity contribution >= 4 is 5.91 Å². The molecule has 1 amide bonds. The normalized spacial score (nSPS) is 25.5. The van der Waals surface area contributed by atoms with Gasteiger partial charge in [-0.2, -0.15) is 0 Å². The smallest absolute Gasteiger partial charge is 0.225 e. The van der Waals surface area contributed by atoms with Crippen LogP contribution in [0.3, 0.4) is 0 Å². The molecule has 1 saturated carbocycles. The Balaban J connectivity index is 1.11. The molecule has 5 rings (SSSR count). The number of amides is 1. The fraction of sp³-hybridized carbons (Fsp3) is 0.683. The maximum atomic E-state index is 13.5. The fourth-order valence-corrected chi connectivity index (χ4v) is 8.00. The molecular formula is C41H62N2O5. The molecule has 0 radical (unpaired) electrons. The van der Waals surface area contributed by atoms with Crippen LogP contribution >= 0.6 is 0 Å². The van der Waals surface area contributed by atoms with Gasteiger partial charge in [-0.05, 0) is 81.0 Å². The highest BCUT2D eigenvalue weighted by Gasteiger charge is 2.35. The van der Waals surface area contributed by atoms with Gasteiger partial charge in [-0.15, -0.1) is 0 Å². The van der Waals surface area contributed by atoms with Crippen molar-refractivity contribution in [3.05, 3.63) is 71.3 Å². The van der Waals surface area contributed by atoms with Gasteiger partial charge in [0.1, 0.15) is 6.10 Å². The Labute approximate surface area is 290 Å². The lowest BCUT2D eigenvalue weighted by Gasteiger charge is -2.35. The average Bonchev–Trinajstić information content (AvgIpc) is 3.65. The standard InChI is InChI=1S/C41H62N2O5/c1-30(39(45-3)37-21-15-27-42-37)41(44)43-31(2)40(35-18-12-9-13-19-35)48-38-22-14-20-36(47-38)29-46-28-32-23-25-34(26-24-32)33-16-10-7-5-4-6-8-11-17-33/h9,12-13,18-19,23-26,30-31,33,36-40,42H,4-8,10-11,14-17,20-22,27-29H2,1-3H3,(H,43,44)/t30-,31-,36?,37+,38?,39-,40-/m1/s1. The molecule has 2 N–H and O–H groups in total. The molecular weight excluding hydrogens is 600 g/mol. The minimum Gasteiger partial charge on any atom is -0.379 e. The van der Waals surface area contributed by atoms with E-state index in [2.05, 4.69) is 47.0 Å². The summed E-state index contributed by atoms with van der Waals surface area (Å²) < 4.78 is 25.1. The Bertz CT molecular complexity index is 1180. The SMILES string of the molecule is CO[C@@H]([C@@H]1CCCN1)[C@@H](C)C(=O)N[C@H](C)[C@@H](OC1CCCC(COCc2ccc(C3CCCCCCCCC3)cc2)O1)c1ccccc1. The van der Waals surface area contributed by atoms with Crippen LogP contribution in [0.4, 0.5) is 0 Å². The van der Waals surface area contributed by atoms with Crippen LogP contribution in [0, 0.1) is 5.92 Å². The van der Waals surface area contributed by atoms with Crippen molar-refractivity contribution in [1.29, 1.82) is 0 Å². The highest BCUT2D eigenvalue weighted by molar-refractivity contribution is 5.79. The summed E-state index contributed by atoms with van der Waals surface area (Å²) in [6.07, 6.45) is 16.4. The summed E-state index contributed by atoms with van der Waals surface area (Å²) in [4.78, 5) is 13.5. The van der Waals surface area contributed by atoms with Crippen LogP contribution in [-0.2, 0) is 30.3 Å². The number of benzene rings is 2. The number of carbonyl (C=O) groups is 1. The van der Waals surface area contributed by atoms with Gasteiger partial charge in [0.25, 0.3) is 0 Å². The van der Waals surface area contributed by atoms with E-state index in [-0.39, 0.29) is 48.5 Å². The van der Waals surface area contributed by atoms with E-state index in [0.29, 0.717) is 19.1 Å². The van der Waals surface area contributed by atoms with E-state index in [9.17, 15) is 4.79 Å². The number of nitrogens with one attached hydrogen (secondary N) is 2. The first-order chi connectivity index (χ1) is 23.5. The quantitative estimate of drug-likeness (QED) is 0.212. The summed E-state index contributed by atoms with van der Waals surface area (Å²) in [5, 5.41) is 6.75. The molecule has 1 aliphatic carbocycles. The van der Waals surface area contributed by atoms with Crippen molar-refractivity contribution in [3.8, 4) is 0 Å². The van der Waals surface area contributed by atoms with Crippen molar-refractivity contribution in [2.75, 3.05) is 20.3 Å². The van der Waals surface area contributed by atoms with Gasteiger partial charge >= 0.3 is 0 Å². The molecule has 2 aliphatic heterocycles. The molecule has 2 saturated heterocycles. The van der Waals surface area contributed by atoms with Crippen LogP contribution < -0.4 is 10.6 Å². The summed E-state index contributed by atoms with van der Waals surface area (Å²) in [6.45, 7) is 6.08. The Hall–Kier alpha value is -2.29. The van der Waals surface area contributed by atoms with Crippen LogP contribution in [0.5, 0.6) is 0 Å². The summed E-state index contributed by atoms with van der Waals surface area (Å²) in [5.41, 5.74) is 3.73. The molecule has 48 heavy (non-hydrogen) atoms. The van der Waals surface area contributed by atoms with Gasteiger partial charge in [0.15, 0.2) is 6.29 Å². The molecule has 2 aromatic carbocycles. The van der Waals surface area contributed by atoms with Crippen LogP contribution in [-0.4, -0.2) is 56.8 Å². The van der Waals surface area contributed by atoms with E-state index in [4.69, 9.17) is 18.9 Å². The Morgan fingerprint density at radius 3 is 2.23 bits per heavy atom. The molecule has 0 aromatic heterocycles. The Morgan fingerprint density at radius 2 is 1.56 bits per heavy atom. The molecule has 0 spiro atoms. The molecule has 7 heteroatoms. The monoisotopic (exact) mass is 662 g/mol. The third kappa shape index (κ3) is 11.1. The largest absolute Gasteiger partial charge is 0.379 e. The van der Waals surface area contributed by atoms with E-state index >= 15 is 0 Å². The molecule has 266 valence electrons. The molecule has 3 aliphatic rings. The number of hydrogen-bond donors (Lipinski definition) is 2. The third-order valence-electron chi connectivity index (χ3n) is 10.9. The minimum absolute atomic E-state index is 0.0197. The first-order valence-corrected chi connectivity index (χ1v) is 19.1. The number of carbonyl (C=O) groups excluding carboxylic acids is 1. The second-order valence-corrected chi connectivity index (χ2v) is 14.6. The molecule has 7 atom stereocenters. The zero-order valence-electron chi connectivity index (χ0n) is 29.9. The van der Waals surface area contributed by atoms with Gasteiger partial charge in [0.2, 0.25) is 5.91 Å². The minimum atomic E-state index is -0.361. The van der Waals surface area contributed by atoms with Gasteiger partial charge in [-0.25, -0.2) is 0 Å². The number of ether oxygens (including phenoxy) is 4. The van der Waals surface area contributed by atoms with Crippen molar-refractivity contribution in [2.24, 2.45) is 5.92 Å². The molecule has 2 heterocycles. The van der Waals surface area contributed by atoms with E-state index in [1.54, 1.807) is 7.11 Å². The van der Waals surface area contributed by atoms with Crippen molar-refractivity contribution < 1.29 is 23.7 Å². The first kappa shape index (κ1) is 37.0. The maximum absolute atomic E-state index is 13.5. The highest BCUT2D eigenvalue weighted by Crippen LogP contribution is 2.32. The third-order valence-corrected chi connectivity index (χ3v) is 10.9. The fourth-order valence-electron chi connectivity index (χ4n) is 8.00. The van der Waals surface area contributed by atoms with E-state index < -0.39 is 0 Å². The topological polar surface area (TPSA) is 78.1 Å². The Morgan fingerprint density at radius 1 is 0.854 bits per heavy atom. The van der Waals surface area contributed by atoms with Crippen LogP contribution in [0.2, 0.25) is 0 Å². The lowest BCUT2D eigenvalue weighted by atomic mass is 9.87. The lowest BCUT2D eigenvalue weighted by Crippen LogP contribution is -2.49. The second kappa shape index (κ2) is 19.8. The summed E-state index contributed by atoms with van der Waals surface area (Å²) in [5.74, 6) is 0.386. The zero-order valence-corrected chi connectivity index (χ0v) is 29.9. The molecule has 7 nitrogen and oxygen atoms in total. The number of hydrogen-bond acceptors (Lipinski definition) is 6. The summed E-state index contributed by atoms with van der Waals surface area (Å²) in [6, 6.07) is 19.3. The first-order valence-electron chi connectivity index (χ1n) is 19.1. The predicted molar refractivity (Wildman–Crippen MR) is 192 cm³/mol. The zero-order chi connectivity index (χ0) is 33.6. The summed E-state index contributed by atoms with van der Waals surface area (Å²) >= 11 is 0. The Kier molecular flexibility index (Phi) is 15.2. The summed E-state index contributed by atoms with van der Waals surface area (Å²) in [7, 11) is 1.70. The van der Waals surface area contributed by atoms with Crippen LogP contribution in [0.15, 0.2) is 54.6 Å². The van der Waals surface area contributed by atoms with Crippen LogP contribution in [0.1, 0.15) is 132 Å². The molecule has 3 fully saturated rings. The van der Waals surface area contributed by atoms with E-state index in [1.807, 2.05) is 32.0 Å². The van der Waals surface area contributed by atoms with Gasteiger partial charge in [0.05, 0.1) is 37.4 Å². The predicted octanol–water partition coefficient (Wildman–Crippen LogP) is 8.37. The van der Waals surface area contributed by atoms with E-state index in [1.165, 1.54) is 68.9 Å². The number of rotatable bonds is 14. The van der Waals surface area contributed by atoms with Gasteiger partial charge in [-0.1, -0.05) is 106 Å². The van der Waals surface area contributed by atoms with Crippen molar-refractivity contribution in [2.45, 2.75) is 153 Å². The van der Waals surface area contributed by atoms with Crippen molar-refractivity contribution in [3.63, 3.8) is 0 Å². The van der Waals surface area contributed by atoms with Crippen molar-refractivity contribution in [1.82, 2.24) is 10.6 Å². The van der Waals surface area contributed by atoms with Gasteiger partial charge in [-0.3, -0.25) is 4.79 Å². The lowest BCUT2D eigenvalue weighted by molar-refractivity contribution is -0.229. The van der Waals surface area contributed by atoms with Gasteiger partial charge < -0.3 is 29.6 Å². The molecule has 2 unspecified atom stereocenters. The highest BCUT2D eigenvalue weighted by atomic mass is 16.7. The maximum Gasteiger partial charge on any atom is 0.225 e. The van der Waals surface area contributed by atoms with Crippen LogP contribution in [0.25, 0.3) is 0 Å². The number of methoxy groups -OCH3 is 1. The molecule has 0 bridgehead atoms. The molecule has 2 aromatic rings. The second-order valence-electron chi connectivity index (χ2n) is 14.6. The van der Waals surface area contributed by atoms with E-state index in [0.717, 1.165) is 44.2 Å². The van der Waals surface area contributed by atoms with Gasteiger partial charge in [0, 0.05) is 13.2 Å². The average molecular weight is 663 g/mol.